The molecule has 3 heteroatoms. The minimum absolute atomic E-state index is 0.298. The zero-order valence-electron chi connectivity index (χ0n) is 11.1. The molecule has 1 rings (SSSR count). The molecule has 0 bridgehead atoms. The van der Waals surface area contributed by atoms with E-state index >= 15 is 0 Å². The number of thiophene rings is 1. The van der Waals surface area contributed by atoms with Gasteiger partial charge in [0.05, 0.1) is 0 Å². The molecule has 2 atom stereocenters. The van der Waals surface area contributed by atoms with Gasteiger partial charge in [-0.25, -0.2) is 0 Å². The summed E-state index contributed by atoms with van der Waals surface area (Å²) in [4.78, 5) is 0. The first-order valence-corrected chi connectivity index (χ1v) is 7.44. The van der Waals surface area contributed by atoms with Gasteiger partial charge in [-0.05, 0) is 60.5 Å². The summed E-state index contributed by atoms with van der Waals surface area (Å²) in [6, 6.07) is 2.58. The van der Waals surface area contributed by atoms with Gasteiger partial charge in [-0.1, -0.05) is 13.8 Å². The number of aliphatic hydroxyl groups is 1. The zero-order chi connectivity index (χ0) is 12.7. The standard InChI is InChI=1S/C14H25NOS/c1-11(2)8-13(4-6-16)9-15-12(3)14-5-7-17-10-14/h5,7,10-13,15-16H,4,6,8-9H2,1-3H3. The molecule has 2 N–H and O–H groups in total. The lowest BCUT2D eigenvalue weighted by atomic mass is 9.94. The van der Waals surface area contributed by atoms with E-state index < -0.39 is 0 Å². The van der Waals surface area contributed by atoms with E-state index in [9.17, 15) is 0 Å². The number of rotatable bonds is 8. The van der Waals surface area contributed by atoms with Crippen LogP contribution in [0.1, 0.15) is 45.2 Å². The minimum Gasteiger partial charge on any atom is -0.396 e. The van der Waals surface area contributed by atoms with Gasteiger partial charge < -0.3 is 10.4 Å². The Kier molecular flexibility index (Phi) is 6.78. The van der Waals surface area contributed by atoms with E-state index in [0.29, 0.717) is 24.5 Å². The molecule has 0 aliphatic carbocycles. The largest absolute Gasteiger partial charge is 0.396 e. The van der Waals surface area contributed by atoms with Crippen molar-refractivity contribution in [2.75, 3.05) is 13.2 Å². The van der Waals surface area contributed by atoms with Crippen LogP contribution in [0.3, 0.4) is 0 Å². The van der Waals surface area contributed by atoms with Crippen LogP contribution in [0.5, 0.6) is 0 Å². The molecule has 0 aromatic carbocycles. The molecular weight excluding hydrogens is 230 g/mol. The Labute approximate surface area is 109 Å². The molecule has 0 amide bonds. The first-order valence-electron chi connectivity index (χ1n) is 6.49. The van der Waals surface area contributed by atoms with Crippen LogP contribution in [-0.2, 0) is 0 Å². The van der Waals surface area contributed by atoms with E-state index in [2.05, 4.69) is 42.9 Å². The summed E-state index contributed by atoms with van der Waals surface area (Å²) in [6.07, 6.45) is 2.09. The second-order valence-corrected chi connectivity index (χ2v) is 5.97. The maximum atomic E-state index is 9.07. The van der Waals surface area contributed by atoms with Crippen LogP contribution >= 0.6 is 11.3 Å². The number of hydrogen-bond donors (Lipinski definition) is 2. The van der Waals surface area contributed by atoms with E-state index in [4.69, 9.17) is 5.11 Å². The van der Waals surface area contributed by atoms with Gasteiger partial charge in [0.1, 0.15) is 0 Å². The fraction of sp³-hybridized carbons (Fsp3) is 0.714. The number of nitrogens with one attached hydrogen (secondary N) is 1. The van der Waals surface area contributed by atoms with Gasteiger partial charge in [0.2, 0.25) is 0 Å². The van der Waals surface area contributed by atoms with Gasteiger partial charge in [0.15, 0.2) is 0 Å². The Bertz CT molecular complexity index is 284. The summed E-state index contributed by atoms with van der Waals surface area (Å²) < 4.78 is 0. The third-order valence-corrected chi connectivity index (χ3v) is 3.80. The minimum atomic E-state index is 0.298. The summed E-state index contributed by atoms with van der Waals surface area (Å²) in [5.74, 6) is 1.28. The average Bonchev–Trinajstić information content (AvgIpc) is 2.78. The molecule has 1 aromatic rings. The Balaban J connectivity index is 2.35. The fourth-order valence-electron chi connectivity index (χ4n) is 2.14. The Morgan fingerprint density at radius 2 is 2.12 bits per heavy atom. The van der Waals surface area contributed by atoms with Crippen molar-refractivity contribution in [2.24, 2.45) is 11.8 Å². The van der Waals surface area contributed by atoms with E-state index in [1.54, 1.807) is 11.3 Å². The van der Waals surface area contributed by atoms with E-state index in [-0.39, 0.29) is 0 Å². The summed E-state index contributed by atoms with van der Waals surface area (Å²) >= 11 is 1.74. The monoisotopic (exact) mass is 255 g/mol. The van der Waals surface area contributed by atoms with Gasteiger partial charge >= 0.3 is 0 Å². The summed E-state index contributed by atoms with van der Waals surface area (Å²) in [7, 11) is 0. The first kappa shape index (κ1) is 14.7. The second kappa shape index (κ2) is 7.85. The number of hydrogen-bond acceptors (Lipinski definition) is 3. The van der Waals surface area contributed by atoms with E-state index in [0.717, 1.165) is 13.0 Å². The summed E-state index contributed by atoms with van der Waals surface area (Å²) in [5, 5.41) is 17.0. The normalized spacial score (nSPS) is 15.1. The van der Waals surface area contributed by atoms with Crippen LogP contribution in [-0.4, -0.2) is 18.3 Å². The lowest BCUT2D eigenvalue weighted by molar-refractivity contribution is 0.237. The summed E-state index contributed by atoms with van der Waals surface area (Å²) in [6.45, 7) is 7.98. The highest BCUT2D eigenvalue weighted by Gasteiger charge is 2.12. The van der Waals surface area contributed by atoms with Crippen molar-refractivity contribution >= 4 is 11.3 Å². The molecule has 17 heavy (non-hydrogen) atoms. The van der Waals surface area contributed by atoms with Crippen LogP contribution in [0.15, 0.2) is 16.8 Å². The van der Waals surface area contributed by atoms with Crippen molar-refractivity contribution in [3.05, 3.63) is 22.4 Å². The van der Waals surface area contributed by atoms with Crippen LogP contribution in [0.25, 0.3) is 0 Å². The maximum absolute atomic E-state index is 9.07. The Hall–Kier alpha value is -0.380. The number of aliphatic hydroxyl groups excluding tert-OH is 1. The molecule has 0 spiro atoms. The quantitative estimate of drug-likeness (QED) is 0.746. The maximum Gasteiger partial charge on any atom is 0.0434 e. The SMILES string of the molecule is CC(C)CC(CCO)CNC(C)c1ccsc1. The van der Waals surface area contributed by atoms with Gasteiger partial charge in [-0.15, -0.1) is 0 Å². The molecule has 2 unspecified atom stereocenters. The lowest BCUT2D eigenvalue weighted by Crippen LogP contribution is -2.27. The third-order valence-electron chi connectivity index (χ3n) is 3.10. The summed E-state index contributed by atoms with van der Waals surface area (Å²) in [5.41, 5.74) is 1.36. The third kappa shape index (κ3) is 5.66. The fourth-order valence-corrected chi connectivity index (χ4v) is 2.89. The average molecular weight is 255 g/mol. The van der Waals surface area contributed by atoms with Gasteiger partial charge in [0, 0.05) is 12.6 Å². The molecule has 98 valence electrons. The van der Waals surface area contributed by atoms with Crippen LogP contribution in [0, 0.1) is 11.8 Å². The highest BCUT2D eigenvalue weighted by molar-refractivity contribution is 7.07. The van der Waals surface area contributed by atoms with E-state index in [1.165, 1.54) is 12.0 Å². The molecule has 0 radical (unpaired) electrons. The molecule has 0 saturated carbocycles. The van der Waals surface area contributed by atoms with Crippen molar-refractivity contribution in [1.82, 2.24) is 5.32 Å². The molecule has 1 heterocycles. The molecule has 0 fully saturated rings. The first-order chi connectivity index (χ1) is 8.13. The van der Waals surface area contributed by atoms with Gasteiger partial charge in [0.25, 0.3) is 0 Å². The van der Waals surface area contributed by atoms with Crippen LogP contribution < -0.4 is 5.32 Å². The highest BCUT2D eigenvalue weighted by atomic mass is 32.1. The molecular formula is C14H25NOS. The second-order valence-electron chi connectivity index (χ2n) is 5.19. The molecule has 0 saturated heterocycles. The lowest BCUT2D eigenvalue weighted by Gasteiger charge is -2.21. The van der Waals surface area contributed by atoms with Gasteiger partial charge in [-0.3, -0.25) is 0 Å². The van der Waals surface area contributed by atoms with Crippen molar-refractivity contribution in [1.29, 1.82) is 0 Å². The molecule has 0 aliphatic rings. The van der Waals surface area contributed by atoms with Crippen molar-refractivity contribution < 1.29 is 5.11 Å². The molecule has 2 nitrogen and oxygen atoms in total. The van der Waals surface area contributed by atoms with Crippen LogP contribution in [0.4, 0.5) is 0 Å². The van der Waals surface area contributed by atoms with Crippen molar-refractivity contribution in [2.45, 2.75) is 39.7 Å². The van der Waals surface area contributed by atoms with Crippen molar-refractivity contribution in [3.63, 3.8) is 0 Å². The van der Waals surface area contributed by atoms with E-state index in [1.807, 2.05) is 0 Å². The van der Waals surface area contributed by atoms with Crippen molar-refractivity contribution in [3.8, 4) is 0 Å². The Morgan fingerprint density at radius 3 is 2.65 bits per heavy atom. The topological polar surface area (TPSA) is 32.3 Å². The predicted molar refractivity (Wildman–Crippen MR) is 75.4 cm³/mol. The predicted octanol–water partition coefficient (Wildman–Crippen LogP) is 3.44. The molecule has 0 aliphatic heterocycles. The Morgan fingerprint density at radius 1 is 1.35 bits per heavy atom. The van der Waals surface area contributed by atoms with Crippen LogP contribution in [0.2, 0.25) is 0 Å². The zero-order valence-corrected chi connectivity index (χ0v) is 12.0. The highest BCUT2D eigenvalue weighted by Crippen LogP contribution is 2.18. The van der Waals surface area contributed by atoms with Gasteiger partial charge in [-0.2, -0.15) is 11.3 Å². The molecule has 1 aromatic heterocycles. The smallest absolute Gasteiger partial charge is 0.0434 e.